The van der Waals surface area contributed by atoms with Crippen LogP contribution in [0.15, 0.2) is 91.2 Å². The first-order chi connectivity index (χ1) is 20.3. The number of aliphatic hydroxyl groups excluding tert-OH is 1. The predicted octanol–water partition coefficient (Wildman–Crippen LogP) is 5.94. The Bertz CT molecular complexity index is 1570. The van der Waals surface area contributed by atoms with E-state index in [1.165, 1.54) is 17.1 Å². The number of nitrogens with zero attached hydrogens (tertiary/aromatic N) is 2. The second kappa shape index (κ2) is 13.6. The van der Waals surface area contributed by atoms with Crippen molar-refractivity contribution in [2.45, 2.75) is 19.9 Å². The summed E-state index contributed by atoms with van der Waals surface area (Å²) < 4.78 is 16.7. The van der Waals surface area contributed by atoms with E-state index in [-0.39, 0.29) is 28.8 Å². The van der Waals surface area contributed by atoms with Gasteiger partial charge in [-0.05, 0) is 43.2 Å². The largest absolute Gasteiger partial charge is 0.503 e. The molecule has 2 aromatic carbocycles. The number of rotatable bonds is 13. The Morgan fingerprint density at radius 3 is 2.50 bits per heavy atom. The molecule has 2 heterocycles. The number of ketones is 1. The van der Waals surface area contributed by atoms with Crippen LogP contribution in [0.4, 0.5) is 5.13 Å². The average molecular weight is 587 g/mol. The SMILES string of the molecule is C=CCOC(=O)c1sc(N2C(=O)C(O)=C(C(=O)/C=C/c3ccccc3)C2c2ccc(OCC=C)c(OCC)c2)nc1C. The molecule has 1 atom stereocenters. The normalized spacial score (nSPS) is 14.8. The van der Waals surface area contributed by atoms with Crippen molar-refractivity contribution in [3.05, 3.63) is 113 Å². The summed E-state index contributed by atoms with van der Waals surface area (Å²) in [6, 6.07) is 13.1. The van der Waals surface area contributed by atoms with Crippen LogP contribution in [0.5, 0.6) is 11.5 Å². The van der Waals surface area contributed by atoms with Crippen LogP contribution in [0, 0.1) is 6.92 Å². The number of benzene rings is 2. The van der Waals surface area contributed by atoms with Gasteiger partial charge in [-0.2, -0.15) is 0 Å². The highest BCUT2D eigenvalue weighted by atomic mass is 32.1. The molecule has 1 amide bonds. The van der Waals surface area contributed by atoms with Gasteiger partial charge in [0.1, 0.15) is 18.1 Å². The Labute approximate surface area is 247 Å². The maximum absolute atomic E-state index is 13.6. The number of amides is 1. The van der Waals surface area contributed by atoms with Gasteiger partial charge in [-0.25, -0.2) is 9.78 Å². The van der Waals surface area contributed by atoms with E-state index in [4.69, 9.17) is 14.2 Å². The summed E-state index contributed by atoms with van der Waals surface area (Å²) in [6.45, 7) is 11.2. The Hall–Kier alpha value is -4.96. The summed E-state index contributed by atoms with van der Waals surface area (Å²) in [5.41, 5.74) is 1.42. The second-order valence-corrected chi connectivity index (χ2v) is 9.96. The van der Waals surface area contributed by atoms with Crippen molar-refractivity contribution in [1.82, 2.24) is 4.98 Å². The van der Waals surface area contributed by atoms with Crippen LogP contribution in [0.2, 0.25) is 0 Å². The first-order valence-electron chi connectivity index (χ1n) is 13.1. The van der Waals surface area contributed by atoms with E-state index in [0.717, 1.165) is 16.9 Å². The fraction of sp³-hybridized carbons (Fsp3) is 0.188. The van der Waals surface area contributed by atoms with Gasteiger partial charge in [0.25, 0.3) is 5.91 Å². The van der Waals surface area contributed by atoms with Gasteiger partial charge in [-0.1, -0.05) is 79.1 Å². The van der Waals surface area contributed by atoms with Crippen molar-refractivity contribution in [3.63, 3.8) is 0 Å². The molecule has 1 aliphatic rings. The van der Waals surface area contributed by atoms with Crippen LogP contribution in [0.1, 0.15) is 39.5 Å². The summed E-state index contributed by atoms with van der Waals surface area (Å²) in [4.78, 5) is 45.6. The number of hydrogen-bond donors (Lipinski definition) is 1. The highest BCUT2D eigenvalue weighted by molar-refractivity contribution is 7.17. The molecule has 1 aromatic heterocycles. The highest BCUT2D eigenvalue weighted by Crippen LogP contribution is 2.45. The molecule has 3 aromatic rings. The van der Waals surface area contributed by atoms with Crippen LogP contribution in [-0.2, 0) is 14.3 Å². The molecule has 0 spiro atoms. The summed E-state index contributed by atoms with van der Waals surface area (Å²) in [5.74, 6) is -1.91. The highest BCUT2D eigenvalue weighted by Gasteiger charge is 2.45. The molecular formula is C32H30N2O7S. The zero-order valence-corrected chi connectivity index (χ0v) is 24.1. The smallest absolute Gasteiger partial charge is 0.350 e. The van der Waals surface area contributed by atoms with Gasteiger partial charge < -0.3 is 19.3 Å². The standard InChI is InChI=1S/C32H30N2O7S/c1-5-17-40-24-16-14-22(19-25(24)39-7-3)27-26(23(35)15-13-21-11-9-8-10-12-21)28(36)30(37)34(27)32-33-20(4)29(42-32)31(38)41-18-6-2/h5-6,8-16,19,27,36H,1-2,7,17-18H2,3-4H3/b15-13+. The molecular weight excluding hydrogens is 556 g/mol. The number of esters is 1. The van der Waals surface area contributed by atoms with E-state index in [1.807, 2.05) is 37.3 Å². The van der Waals surface area contributed by atoms with Gasteiger partial charge in [0.15, 0.2) is 28.2 Å². The number of thiazole rings is 1. The van der Waals surface area contributed by atoms with Gasteiger partial charge >= 0.3 is 5.97 Å². The third-order valence-electron chi connectivity index (χ3n) is 6.15. The maximum Gasteiger partial charge on any atom is 0.350 e. The zero-order chi connectivity index (χ0) is 30.2. The van der Waals surface area contributed by atoms with Gasteiger partial charge in [-0.3, -0.25) is 14.5 Å². The molecule has 9 nitrogen and oxygen atoms in total. The van der Waals surface area contributed by atoms with E-state index in [9.17, 15) is 19.5 Å². The number of aliphatic hydroxyl groups is 1. The zero-order valence-electron chi connectivity index (χ0n) is 23.2. The molecule has 0 saturated carbocycles. The first-order valence-corrected chi connectivity index (χ1v) is 13.9. The molecule has 0 radical (unpaired) electrons. The van der Waals surface area contributed by atoms with Gasteiger partial charge in [0.2, 0.25) is 0 Å². The number of carbonyl (C=O) groups is 3. The molecule has 1 N–H and O–H groups in total. The number of hydrogen-bond acceptors (Lipinski definition) is 9. The van der Waals surface area contributed by atoms with E-state index in [0.29, 0.717) is 29.4 Å². The Morgan fingerprint density at radius 1 is 1.07 bits per heavy atom. The predicted molar refractivity (Wildman–Crippen MR) is 161 cm³/mol. The van der Waals surface area contributed by atoms with E-state index >= 15 is 0 Å². The lowest BCUT2D eigenvalue weighted by atomic mass is 9.95. The van der Waals surface area contributed by atoms with Gasteiger partial charge in [0.05, 0.1) is 23.9 Å². The topological polar surface area (TPSA) is 115 Å². The molecule has 216 valence electrons. The van der Waals surface area contributed by atoms with Gasteiger partial charge in [0, 0.05) is 0 Å². The second-order valence-electron chi connectivity index (χ2n) is 8.99. The van der Waals surface area contributed by atoms with E-state index < -0.39 is 29.5 Å². The summed E-state index contributed by atoms with van der Waals surface area (Å²) >= 11 is 0.923. The summed E-state index contributed by atoms with van der Waals surface area (Å²) in [6.07, 6.45) is 5.95. The van der Waals surface area contributed by atoms with Crippen LogP contribution < -0.4 is 14.4 Å². The van der Waals surface area contributed by atoms with Crippen LogP contribution in [-0.4, -0.2) is 47.6 Å². The van der Waals surface area contributed by atoms with Crippen LogP contribution in [0.25, 0.3) is 6.08 Å². The first kappa shape index (κ1) is 30.0. The Balaban J connectivity index is 1.82. The molecule has 42 heavy (non-hydrogen) atoms. The fourth-order valence-corrected chi connectivity index (χ4v) is 5.29. The monoisotopic (exact) mass is 586 g/mol. The van der Waals surface area contributed by atoms with Gasteiger partial charge in [-0.15, -0.1) is 0 Å². The lowest BCUT2D eigenvalue weighted by Crippen LogP contribution is -2.31. The molecule has 1 aliphatic heterocycles. The Kier molecular flexibility index (Phi) is 9.72. The average Bonchev–Trinajstić information content (AvgIpc) is 3.50. The minimum absolute atomic E-state index is 0.00595. The van der Waals surface area contributed by atoms with Crippen molar-refractivity contribution in [2.24, 2.45) is 0 Å². The number of aryl methyl sites for hydroxylation is 1. The van der Waals surface area contributed by atoms with Crippen molar-refractivity contribution in [3.8, 4) is 11.5 Å². The lowest BCUT2D eigenvalue weighted by Gasteiger charge is -2.25. The van der Waals surface area contributed by atoms with Crippen molar-refractivity contribution in [2.75, 3.05) is 24.7 Å². The Morgan fingerprint density at radius 2 is 1.81 bits per heavy atom. The number of carbonyl (C=O) groups excluding carboxylic acids is 3. The molecule has 1 unspecified atom stereocenters. The minimum Gasteiger partial charge on any atom is -0.503 e. The molecule has 0 saturated heterocycles. The molecule has 0 fully saturated rings. The lowest BCUT2D eigenvalue weighted by molar-refractivity contribution is -0.117. The van der Waals surface area contributed by atoms with Crippen LogP contribution in [0.3, 0.4) is 0 Å². The van der Waals surface area contributed by atoms with Crippen molar-refractivity contribution < 1.29 is 33.7 Å². The maximum atomic E-state index is 13.6. The number of ether oxygens (including phenoxy) is 3. The minimum atomic E-state index is -1.08. The quantitative estimate of drug-likeness (QED) is 0.149. The number of aromatic nitrogens is 1. The third kappa shape index (κ3) is 6.34. The number of allylic oxidation sites excluding steroid dienone is 1. The van der Waals surface area contributed by atoms with Crippen molar-refractivity contribution in [1.29, 1.82) is 0 Å². The molecule has 0 bridgehead atoms. The number of anilines is 1. The molecule has 0 aliphatic carbocycles. The van der Waals surface area contributed by atoms with Crippen LogP contribution >= 0.6 is 11.3 Å². The summed E-state index contributed by atoms with van der Waals surface area (Å²) in [7, 11) is 0. The molecule has 10 heteroatoms. The summed E-state index contributed by atoms with van der Waals surface area (Å²) in [5, 5.41) is 11.2. The molecule has 4 rings (SSSR count). The van der Waals surface area contributed by atoms with E-state index in [2.05, 4.69) is 18.1 Å². The van der Waals surface area contributed by atoms with Crippen molar-refractivity contribution >= 4 is 40.2 Å². The third-order valence-corrected chi connectivity index (χ3v) is 7.29. The fourth-order valence-electron chi connectivity index (χ4n) is 4.30. The van der Waals surface area contributed by atoms with E-state index in [1.54, 1.807) is 37.3 Å².